The lowest BCUT2D eigenvalue weighted by atomic mass is 9.96. The molecule has 1 aliphatic carbocycles. The molecule has 4 aromatic rings. The lowest BCUT2D eigenvalue weighted by Gasteiger charge is -2.24. The lowest BCUT2D eigenvalue weighted by Crippen LogP contribution is -2.43. The summed E-state index contributed by atoms with van der Waals surface area (Å²) in [6, 6.07) is 15.4. The van der Waals surface area contributed by atoms with Crippen LogP contribution in [0.15, 0.2) is 58.9 Å². The van der Waals surface area contributed by atoms with E-state index in [4.69, 9.17) is 16.0 Å². The van der Waals surface area contributed by atoms with Crippen LogP contribution in [0.5, 0.6) is 0 Å². The minimum atomic E-state index is -0.440. The summed E-state index contributed by atoms with van der Waals surface area (Å²) in [5.41, 5.74) is 10.3. The number of nitrogens with one attached hydrogen (secondary N) is 4. The van der Waals surface area contributed by atoms with Gasteiger partial charge >= 0.3 is 0 Å². The third-order valence-electron chi connectivity index (χ3n) is 7.54. The Morgan fingerprint density at radius 1 is 1.14 bits per heavy atom. The number of benzene rings is 2. The summed E-state index contributed by atoms with van der Waals surface area (Å²) in [7, 11) is 0. The fraction of sp³-hybridized carbons (Fsp3) is 0.323. The van der Waals surface area contributed by atoms with Gasteiger partial charge in [-0.3, -0.25) is 9.99 Å². The van der Waals surface area contributed by atoms with Crippen LogP contribution < -0.4 is 21.6 Å². The first-order valence-electron chi connectivity index (χ1n) is 14.0. The number of pyridine rings is 1. The van der Waals surface area contributed by atoms with E-state index in [1.54, 1.807) is 13.0 Å². The van der Waals surface area contributed by atoms with Gasteiger partial charge in [0, 0.05) is 42.0 Å². The van der Waals surface area contributed by atoms with E-state index in [0.29, 0.717) is 56.8 Å². The van der Waals surface area contributed by atoms with E-state index in [1.807, 2.05) is 41.5 Å². The van der Waals surface area contributed by atoms with Crippen molar-refractivity contribution in [2.45, 2.75) is 52.1 Å². The molecule has 2 aliphatic rings. The maximum Gasteiger partial charge on any atom is 0.243 e. The van der Waals surface area contributed by atoms with Crippen LogP contribution in [-0.4, -0.2) is 26.7 Å². The highest BCUT2D eigenvalue weighted by Crippen LogP contribution is 2.51. The molecule has 2 aromatic carbocycles. The maximum absolute atomic E-state index is 10.1. The van der Waals surface area contributed by atoms with Gasteiger partial charge < -0.3 is 20.5 Å². The van der Waals surface area contributed by atoms with E-state index in [-0.39, 0.29) is 5.41 Å². The minimum absolute atomic E-state index is 0.0380. The van der Waals surface area contributed by atoms with Gasteiger partial charge in [-0.15, -0.1) is 15.7 Å². The number of hydrazine groups is 2. The zero-order valence-corrected chi connectivity index (χ0v) is 25.0. The molecule has 12 heteroatoms. The van der Waals surface area contributed by atoms with Gasteiger partial charge in [-0.25, -0.2) is 0 Å². The number of nitrogens with zero attached hydrogens (tertiary/aromatic N) is 6. The Hall–Kier alpha value is -4.84. The van der Waals surface area contributed by atoms with Crippen molar-refractivity contribution in [3.63, 3.8) is 0 Å². The second kappa shape index (κ2) is 10.8. The van der Waals surface area contributed by atoms with Crippen LogP contribution in [0, 0.1) is 35.0 Å². The number of aryl methyl sites for hydroxylation is 1. The predicted molar refractivity (Wildman–Crippen MR) is 163 cm³/mol. The van der Waals surface area contributed by atoms with Crippen molar-refractivity contribution in [2.24, 2.45) is 5.41 Å². The van der Waals surface area contributed by atoms with E-state index in [9.17, 15) is 10.5 Å². The summed E-state index contributed by atoms with van der Waals surface area (Å²) in [5, 5.41) is 38.5. The molecule has 11 nitrogen and oxygen atoms in total. The smallest absolute Gasteiger partial charge is 0.243 e. The van der Waals surface area contributed by atoms with Gasteiger partial charge in [-0.1, -0.05) is 50.6 Å². The van der Waals surface area contributed by atoms with Crippen molar-refractivity contribution in [2.75, 3.05) is 17.2 Å². The summed E-state index contributed by atoms with van der Waals surface area (Å²) in [4.78, 5) is 4.48. The van der Waals surface area contributed by atoms with Crippen LogP contribution in [0.1, 0.15) is 68.1 Å². The molecule has 0 amide bonds. The Morgan fingerprint density at radius 3 is 2.56 bits per heavy atom. The number of halogens is 1. The van der Waals surface area contributed by atoms with Crippen molar-refractivity contribution < 1.29 is 4.42 Å². The van der Waals surface area contributed by atoms with Gasteiger partial charge in [0.15, 0.2) is 0 Å². The first-order chi connectivity index (χ1) is 20.6. The van der Waals surface area contributed by atoms with E-state index in [0.717, 1.165) is 24.1 Å². The molecule has 43 heavy (non-hydrogen) atoms. The van der Waals surface area contributed by atoms with Crippen LogP contribution in [0.25, 0.3) is 10.9 Å². The second-order valence-corrected chi connectivity index (χ2v) is 12.5. The highest BCUT2D eigenvalue weighted by molar-refractivity contribution is 6.31. The van der Waals surface area contributed by atoms with Gasteiger partial charge in [0.05, 0.1) is 34.1 Å². The molecule has 218 valence electrons. The van der Waals surface area contributed by atoms with Crippen LogP contribution >= 0.6 is 11.6 Å². The largest absolute Gasteiger partial charge is 0.423 e. The van der Waals surface area contributed by atoms with Gasteiger partial charge in [0.2, 0.25) is 11.8 Å². The molecule has 6 rings (SSSR count). The van der Waals surface area contributed by atoms with E-state index in [2.05, 4.69) is 69.7 Å². The summed E-state index contributed by atoms with van der Waals surface area (Å²) in [6.45, 7) is 8.74. The van der Waals surface area contributed by atoms with Crippen molar-refractivity contribution in [1.29, 1.82) is 10.5 Å². The highest BCUT2D eigenvalue weighted by Gasteiger charge is 2.55. The zero-order chi connectivity index (χ0) is 30.4. The molecule has 3 heterocycles. The molecule has 0 unspecified atom stereocenters. The second-order valence-electron chi connectivity index (χ2n) is 12.1. The molecule has 0 saturated heterocycles. The maximum atomic E-state index is 10.1. The molecule has 0 radical (unpaired) electrons. The fourth-order valence-electron chi connectivity index (χ4n) is 5.17. The molecule has 0 bridgehead atoms. The first kappa shape index (κ1) is 28.3. The molecule has 1 saturated carbocycles. The normalized spacial score (nSPS) is 16.2. The van der Waals surface area contributed by atoms with Gasteiger partial charge in [-0.2, -0.15) is 10.5 Å². The predicted octanol–water partition coefficient (Wildman–Crippen LogP) is 5.79. The standard InChI is InChI=1S/C31H31ClN10O/c1-18-38-40-29(43-18)31(9-10-31)42-16-25(39-41-42)28(22-7-5-6-8-24(22)32)37-21-11-19(13-33)26-23(12-21)27(20(14-34)15-35-26)36-17-30(2,3)4/h5-8,11-12,15-16,28,37,39,41H,9-10,17H2,1-4H3,(H,35,36)/t28-/m0/s1. The average Bonchev–Trinajstić information content (AvgIpc) is 3.41. The molecule has 1 aliphatic heterocycles. The highest BCUT2D eigenvalue weighted by atomic mass is 35.5. The average molecular weight is 595 g/mol. The first-order valence-corrected chi connectivity index (χ1v) is 14.3. The van der Waals surface area contributed by atoms with Gasteiger partial charge in [0.1, 0.15) is 17.7 Å². The number of rotatable bonds is 8. The number of hydrogen-bond donors (Lipinski definition) is 4. The SMILES string of the molecule is Cc1nnc(C2(N3C=C([C@@H](Nc4cc(C#N)c5ncc(C#N)c(NCC(C)(C)C)c5c4)c4ccccc4Cl)NN3)CC2)o1. The Bertz CT molecular complexity index is 1820. The monoisotopic (exact) mass is 594 g/mol. The Balaban J connectivity index is 1.42. The van der Waals surface area contributed by atoms with Crippen molar-refractivity contribution in [1.82, 2.24) is 31.2 Å². The molecule has 1 fully saturated rings. The minimum Gasteiger partial charge on any atom is -0.423 e. The molecule has 2 aromatic heterocycles. The van der Waals surface area contributed by atoms with E-state index >= 15 is 0 Å². The summed E-state index contributed by atoms with van der Waals surface area (Å²) < 4.78 is 5.79. The summed E-state index contributed by atoms with van der Waals surface area (Å²) in [5.74, 6) is 1.08. The Morgan fingerprint density at radius 2 is 1.91 bits per heavy atom. The number of aromatic nitrogens is 3. The van der Waals surface area contributed by atoms with Gasteiger partial charge in [0.25, 0.3) is 0 Å². The molecular formula is C31H31ClN10O. The lowest BCUT2D eigenvalue weighted by molar-refractivity contribution is 0.147. The Labute approximate surface area is 254 Å². The summed E-state index contributed by atoms with van der Waals surface area (Å²) >= 11 is 6.73. The van der Waals surface area contributed by atoms with Crippen molar-refractivity contribution in [3.05, 3.63) is 88.0 Å². The van der Waals surface area contributed by atoms with Crippen molar-refractivity contribution >= 4 is 33.9 Å². The third-order valence-corrected chi connectivity index (χ3v) is 7.89. The summed E-state index contributed by atoms with van der Waals surface area (Å²) in [6.07, 6.45) is 5.20. The number of anilines is 2. The quantitative estimate of drug-likeness (QED) is 0.196. The topological polar surface area (TPSA) is 151 Å². The van der Waals surface area contributed by atoms with Crippen LogP contribution in [0.2, 0.25) is 5.02 Å². The number of nitriles is 2. The third kappa shape index (κ3) is 5.41. The van der Waals surface area contributed by atoms with Crippen molar-refractivity contribution in [3.8, 4) is 12.1 Å². The van der Waals surface area contributed by atoms with E-state index in [1.165, 1.54) is 6.20 Å². The van der Waals surface area contributed by atoms with Crippen LogP contribution in [0.3, 0.4) is 0 Å². The molecule has 0 spiro atoms. The fourth-order valence-corrected chi connectivity index (χ4v) is 5.41. The number of fused-ring (bicyclic) bond motifs is 1. The van der Waals surface area contributed by atoms with Crippen LogP contribution in [-0.2, 0) is 5.54 Å². The zero-order valence-electron chi connectivity index (χ0n) is 24.3. The molecule has 4 N–H and O–H groups in total. The van der Waals surface area contributed by atoms with Crippen LogP contribution in [0.4, 0.5) is 11.4 Å². The van der Waals surface area contributed by atoms with E-state index < -0.39 is 11.6 Å². The number of hydrogen-bond acceptors (Lipinski definition) is 11. The molecule has 1 atom stereocenters. The van der Waals surface area contributed by atoms with Gasteiger partial charge in [-0.05, 0) is 42.0 Å². The molecular weight excluding hydrogens is 564 g/mol. The Kier molecular flexibility index (Phi) is 7.09.